The molecule has 1 fully saturated rings. The lowest BCUT2D eigenvalue weighted by Gasteiger charge is -1.99. The lowest BCUT2D eigenvalue weighted by Crippen LogP contribution is -2.17. The average molecular weight is 283 g/mol. The summed E-state index contributed by atoms with van der Waals surface area (Å²) in [6.45, 7) is 2.20. The smallest absolute Gasteiger partial charge is 0.271 e. The van der Waals surface area contributed by atoms with Crippen molar-refractivity contribution in [2.45, 2.75) is 19.3 Å². The van der Waals surface area contributed by atoms with Crippen LogP contribution in [0, 0.1) is 5.92 Å². The first kappa shape index (κ1) is 13.4. The summed E-state index contributed by atoms with van der Waals surface area (Å²) >= 11 is 0. The Labute approximate surface area is 122 Å². The molecule has 0 aliphatic heterocycles. The fraction of sp³-hybridized carbons (Fsp3) is 0.250. The Bertz CT molecular complexity index is 673. The molecule has 1 aromatic heterocycles. The van der Waals surface area contributed by atoms with Crippen molar-refractivity contribution in [1.29, 1.82) is 0 Å². The maximum atomic E-state index is 11.8. The van der Waals surface area contributed by atoms with Gasteiger partial charge in [-0.25, -0.2) is 5.43 Å². The van der Waals surface area contributed by atoms with Crippen LogP contribution in [0.1, 0.15) is 41.1 Å². The van der Waals surface area contributed by atoms with Crippen LogP contribution in [-0.2, 0) is 0 Å². The van der Waals surface area contributed by atoms with Crippen molar-refractivity contribution in [3.63, 3.8) is 0 Å². The predicted octanol–water partition coefficient (Wildman–Crippen LogP) is 2.75. The highest BCUT2D eigenvalue weighted by molar-refractivity contribution is 5.94. The van der Waals surface area contributed by atoms with Crippen molar-refractivity contribution in [1.82, 2.24) is 5.43 Å². The fourth-order valence-corrected chi connectivity index (χ4v) is 2.21. The van der Waals surface area contributed by atoms with E-state index in [2.05, 4.69) is 17.5 Å². The molecule has 1 heterocycles. The summed E-state index contributed by atoms with van der Waals surface area (Å²) in [5.74, 6) is 2.59. The summed E-state index contributed by atoms with van der Waals surface area (Å²) in [4.78, 5) is 11.8. The van der Waals surface area contributed by atoms with Gasteiger partial charge in [-0.15, -0.1) is 0 Å². The van der Waals surface area contributed by atoms with E-state index in [1.165, 1.54) is 12.6 Å². The molecule has 0 bridgehead atoms. The van der Waals surface area contributed by atoms with Gasteiger partial charge >= 0.3 is 0 Å². The molecule has 1 aliphatic carbocycles. The van der Waals surface area contributed by atoms with Crippen molar-refractivity contribution >= 4 is 17.8 Å². The maximum absolute atomic E-state index is 11.8. The summed E-state index contributed by atoms with van der Waals surface area (Å²) in [5, 5.41) is 3.90. The molecule has 5 nitrogen and oxygen atoms in total. The molecule has 21 heavy (non-hydrogen) atoms. The number of carbonyl (C=O) groups is 1. The largest absolute Gasteiger partial charge is 0.460 e. The SMILES string of the molecule is C[C@@H]1C[C@@H]1c1ccc(/C=N\NC(=O)c2ccc(N)cc2)o1. The second-order valence-corrected chi connectivity index (χ2v) is 5.38. The second kappa shape index (κ2) is 5.44. The number of hydrogen-bond acceptors (Lipinski definition) is 4. The van der Waals surface area contributed by atoms with Gasteiger partial charge in [0.1, 0.15) is 11.5 Å². The first-order chi connectivity index (χ1) is 10.1. The number of anilines is 1. The molecule has 0 radical (unpaired) electrons. The van der Waals surface area contributed by atoms with Crippen LogP contribution in [0.2, 0.25) is 0 Å². The molecule has 0 spiro atoms. The zero-order chi connectivity index (χ0) is 14.8. The molecule has 2 aromatic rings. The van der Waals surface area contributed by atoms with E-state index in [4.69, 9.17) is 10.2 Å². The lowest BCUT2D eigenvalue weighted by atomic mass is 10.2. The zero-order valence-corrected chi connectivity index (χ0v) is 11.7. The molecule has 0 unspecified atom stereocenters. The first-order valence-corrected chi connectivity index (χ1v) is 6.92. The Balaban J connectivity index is 1.57. The molecule has 1 aliphatic rings. The van der Waals surface area contributed by atoms with Crippen LogP contribution in [-0.4, -0.2) is 12.1 Å². The minimum atomic E-state index is -0.283. The van der Waals surface area contributed by atoms with Crippen LogP contribution in [0.15, 0.2) is 45.9 Å². The third kappa shape index (κ3) is 3.13. The summed E-state index contributed by atoms with van der Waals surface area (Å²) in [7, 11) is 0. The molecule has 1 aromatic carbocycles. The van der Waals surface area contributed by atoms with Gasteiger partial charge in [0.15, 0.2) is 0 Å². The number of carbonyl (C=O) groups excluding carboxylic acids is 1. The van der Waals surface area contributed by atoms with Gasteiger partial charge in [0, 0.05) is 17.2 Å². The van der Waals surface area contributed by atoms with Gasteiger partial charge < -0.3 is 10.2 Å². The van der Waals surface area contributed by atoms with E-state index in [0.29, 0.717) is 28.8 Å². The van der Waals surface area contributed by atoms with E-state index in [0.717, 1.165) is 5.76 Å². The number of rotatable bonds is 4. The lowest BCUT2D eigenvalue weighted by molar-refractivity contribution is 0.0955. The zero-order valence-electron chi connectivity index (χ0n) is 11.7. The number of benzene rings is 1. The molecule has 3 rings (SSSR count). The van der Waals surface area contributed by atoms with Crippen molar-refractivity contribution in [2.75, 3.05) is 5.73 Å². The Morgan fingerprint density at radius 2 is 2.05 bits per heavy atom. The summed E-state index contributed by atoms with van der Waals surface area (Å²) < 4.78 is 5.66. The van der Waals surface area contributed by atoms with Crippen LogP contribution in [0.4, 0.5) is 5.69 Å². The number of nitrogens with two attached hydrogens (primary N) is 1. The van der Waals surface area contributed by atoms with E-state index in [1.54, 1.807) is 24.3 Å². The monoisotopic (exact) mass is 283 g/mol. The fourth-order valence-electron chi connectivity index (χ4n) is 2.21. The van der Waals surface area contributed by atoms with Crippen molar-refractivity contribution in [3.05, 3.63) is 53.5 Å². The maximum Gasteiger partial charge on any atom is 0.271 e. The number of amides is 1. The Morgan fingerprint density at radius 3 is 2.71 bits per heavy atom. The summed E-state index contributed by atoms with van der Waals surface area (Å²) in [6, 6.07) is 10.5. The van der Waals surface area contributed by atoms with E-state index < -0.39 is 0 Å². The Kier molecular flexibility index (Phi) is 3.48. The topological polar surface area (TPSA) is 80.6 Å². The Morgan fingerprint density at radius 1 is 1.33 bits per heavy atom. The molecule has 0 saturated heterocycles. The van der Waals surface area contributed by atoms with Gasteiger partial charge in [0.25, 0.3) is 5.91 Å². The highest BCUT2D eigenvalue weighted by atomic mass is 16.3. The highest BCUT2D eigenvalue weighted by Gasteiger charge is 2.36. The normalized spacial score (nSPS) is 20.6. The van der Waals surface area contributed by atoms with Crippen LogP contribution >= 0.6 is 0 Å². The number of hydrogen-bond donors (Lipinski definition) is 2. The van der Waals surface area contributed by atoms with Gasteiger partial charge in [-0.1, -0.05) is 6.92 Å². The molecule has 3 N–H and O–H groups in total. The quantitative estimate of drug-likeness (QED) is 0.514. The number of nitrogen functional groups attached to an aromatic ring is 1. The van der Waals surface area contributed by atoms with Gasteiger partial charge in [0.05, 0.1) is 6.21 Å². The minimum Gasteiger partial charge on any atom is -0.460 e. The molecule has 2 atom stereocenters. The van der Waals surface area contributed by atoms with Crippen LogP contribution in [0.5, 0.6) is 0 Å². The number of nitrogens with one attached hydrogen (secondary N) is 1. The highest BCUT2D eigenvalue weighted by Crippen LogP contribution is 2.47. The molecule has 1 saturated carbocycles. The van der Waals surface area contributed by atoms with Crippen molar-refractivity contribution in [2.24, 2.45) is 11.0 Å². The molecular formula is C16H17N3O2. The third-order valence-electron chi connectivity index (χ3n) is 3.65. The second-order valence-electron chi connectivity index (χ2n) is 5.38. The standard InChI is InChI=1S/C16H17N3O2/c1-10-8-14(10)15-7-6-13(21-15)9-18-19-16(20)11-2-4-12(17)5-3-11/h2-7,9-10,14H,8,17H2,1H3,(H,19,20)/b18-9-/t10-,14+/m1/s1. The van der Waals surface area contributed by atoms with Crippen LogP contribution < -0.4 is 11.2 Å². The van der Waals surface area contributed by atoms with Crippen LogP contribution in [0.3, 0.4) is 0 Å². The molecule has 108 valence electrons. The molecule has 1 amide bonds. The number of hydrazone groups is 1. The van der Waals surface area contributed by atoms with E-state index in [-0.39, 0.29) is 5.91 Å². The van der Waals surface area contributed by atoms with Gasteiger partial charge in [0.2, 0.25) is 0 Å². The third-order valence-corrected chi connectivity index (χ3v) is 3.65. The van der Waals surface area contributed by atoms with Crippen molar-refractivity contribution < 1.29 is 9.21 Å². The van der Waals surface area contributed by atoms with E-state index >= 15 is 0 Å². The van der Waals surface area contributed by atoms with Crippen LogP contribution in [0.25, 0.3) is 0 Å². The first-order valence-electron chi connectivity index (χ1n) is 6.92. The molecular weight excluding hydrogens is 266 g/mol. The number of nitrogens with zero attached hydrogens (tertiary/aromatic N) is 1. The van der Waals surface area contributed by atoms with Gasteiger partial charge in [-0.2, -0.15) is 5.10 Å². The van der Waals surface area contributed by atoms with Crippen molar-refractivity contribution in [3.8, 4) is 0 Å². The average Bonchev–Trinajstić information content (AvgIpc) is 3.01. The van der Waals surface area contributed by atoms with Gasteiger partial charge in [-0.05, 0) is 48.7 Å². The van der Waals surface area contributed by atoms with E-state index in [9.17, 15) is 4.79 Å². The van der Waals surface area contributed by atoms with E-state index in [1.807, 2.05) is 12.1 Å². The summed E-state index contributed by atoms with van der Waals surface area (Å²) in [5.41, 5.74) is 9.16. The summed E-state index contributed by atoms with van der Waals surface area (Å²) in [6.07, 6.45) is 2.68. The predicted molar refractivity (Wildman–Crippen MR) is 81.1 cm³/mol. The Hall–Kier alpha value is -2.56. The minimum absolute atomic E-state index is 0.283. The molecule has 5 heteroatoms. The van der Waals surface area contributed by atoms with Gasteiger partial charge in [-0.3, -0.25) is 4.79 Å². The number of furan rings is 1.